The van der Waals surface area contributed by atoms with Crippen LogP contribution in [0.1, 0.15) is 11.3 Å². The number of hydrogen-bond donors (Lipinski definition) is 0. The van der Waals surface area contributed by atoms with E-state index in [1.807, 2.05) is 11.4 Å². The van der Waals surface area contributed by atoms with Crippen molar-refractivity contribution in [2.24, 2.45) is 23.7 Å². The number of imide groups is 1. The lowest BCUT2D eigenvalue weighted by Gasteiger charge is -2.16. The highest BCUT2D eigenvalue weighted by Crippen LogP contribution is 2.52. The molecule has 0 radical (unpaired) electrons. The van der Waals surface area contributed by atoms with E-state index in [0.717, 1.165) is 15.8 Å². The van der Waals surface area contributed by atoms with Gasteiger partial charge in [0.05, 0.1) is 18.4 Å². The first-order valence-electron chi connectivity index (χ1n) is 6.41. The number of thiophene rings is 1. The molecule has 2 aliphatic carbocycles. The van der Waals surface area contributed by atoms with Crippen molar-refractivity contribution in [3.8, 4) is 0 Å². The van der Waals surface area contributed by atoms with Crippen LogP contribution in [-0.4, -0.2) is 16.7 Å². The lowest BCUT2D eigenvalue weighted by molar-refractivity contribution is -0.141. The highest BCUT2D eigenvalue weighted by atomic mass is 79.9. The van der Waals surface area contributed by atoms with Crippen molar-refractivity contribution in [3.63, 3.8) is 0 Å². The first-order chi connectivity index (χ1) is 9.15. The maximum atomic E-state index is 12.5. The van der Waals surface area contributed by atoms with E-state index in [4.69, 9.17) is 0 Å². The van der Waals surface area contributed by atoms with E-state index < -0.39 is 0 Å². The van der Waals surface area contributed by atoms with Crippen molar-refractivity contribution < 1.29 is 9.59 Å². The van der Waals surface area contributed by atoms with E-state index in [0.29, 0.717) is 18.4 Å². The summed E-state index contributed by atoms with van der Waals surface area (Å²) in [5.74, 6) is 0.516. The molecule has 98 valence electrons. The topological polar surface area (TPSA) is 37.4 Å². The van der Waals surface area contributed by atoms with Crippen LogP contribution in [-0.2, 0) is 16.1 Å². The molecule has 2 fully saturated rings. The summed E-state index contributed by atoms with van der Waals surface area (Å²) in [4.78, 5) is 27.4. The summed E-state index contributed by atoms with van der Waals surface area (Å²) >= 11 is 4.98. The number of nitrogens with zero attached hydrogens (tertiary/aromatic N) is 1. The molecule has 1 aromatic heterocycles. The first-order valence-corrected chi connectivity index (χ1v) is 8.09. The Morgan fingerprint density at radius 2 is 1.84 bits per heavy atom. The molecule has 4 rings (SSSR count). The largest absolute Gasteiger partial charge is 0.277 e. The molecule has 1 aromatic rings. The molecule has 3 aliphatic rings. The molecule has 1 aliphatic heterocycles. The number of rotatable bonds is 2. The summed E-state index contributed by atoms with van der Waals surface area (Å²) in [6.07, 6.45) is 5.25. The summed E-state index contributed by atoms with van der Waals surface area (Å²) in [7, 11) is 0. The predicted octanol–water partition coefficient (Wildman–Crippen LogP) is 2.82. The van der Waals surface area contributed by atoms with Gasteiger partial charge in [-0.1, -0.05) is 12.2 Å². The Bertz CT molecular complexity index is 578. The molecule has 2 bridgehead atoms. The minimum absolute atomic E-state index is 0.0383. The summed E-state index contributed by atoms with van der Waals surface area (Å²) in [6, 6.07) is 1.98. The molecule has 1 saturated heterocycles. The lowest BCUT2D eigenvalue weighted by atomic mass is 9.85. The predicted molar refractivity (Wildman–Crippen MR) is 75.3 cm³/mol. The molecule has 0 spiro atoms. The minimum Gasteiger partial charge on any atom is -0.277 e. The fraction of sp³-hybridized carbons (Fsp3) is 0.429. The standard InChI is InChI=1S/C14H12BrNO2S/c15-9-4-10(19-6-9)5-16-13(17)11-7-1-2-8(3-7)12(11)14(16)18/h1-2,4,6-8,11-12H,3,5H2. The van der Waals surface area contributed by atoms with Gasteiger partial charge in [0.1, 0.15) is 0 Å². The van der Waals surface area contributed by atoms with Crippen molar-refractivity contribution in [1.29, 1.82) is 0 Å². The number of allylic oxidation sites excluding steroid dienone is 2. The molecule has 4 atom stereocenters. The quantitative estimate of drug-likeness (QED) is 0.614. The van der Waals surface area contributed by atoms with Crippen molar-refractivity contribution in [2.75, 3.05) is 0 Å². The second kappa shape index (κ2) is 4.03. The molecule has 5 heteroatoms. The van der Waals surface area contributed by atoms with Crippen LogP contribution in [0, 0.1) is 23.7 Å². The fourth-order valence-corrected chi connectivity index (χ4v) is 5.15. The first kappa shape index (κ1) is 11.9. The Morgan fingerprint density at radius 1 is 1.21 bits per heavy atom. The monoisotopic (exact) mass is 337 g/mol. The van der Waals surface area contributed by atoms with Crippen LogP contribution in [0.2, 0.25) is 0 Å². The summed E-state index contributed by atoms with van der Waals surface area (Å²) in [5, 5.41) is 1.98. The Balaban J connectivity index is 1.62. The second-order valence-corrected chi connectivity index (χ2v) is 7.41. The van der Waals surface area contributed by atoms with Gasteiger partial charge in [-0.2, -0.15) is 0 Å². The van der Waals surface area contributed by atoms with Crippen LogP contribution in [0.25, 0.3) is 0 Å². The molecule has 19 heavy (non-hydrogen) atoms. The number of halogens is 1. The van der Waals surface area contributed by atoms with E-state index in [1.165, 1.54) is 4.90 Å². The van der Waals surface area contributed by atoms with Crippen LogP contribution in [0.15, 0.2) is 28.1 Å². The molecule has 0 N–H and O–H groups in total. The molecule has 2 amide bonds. The van der Waals surface area contributed by atoms with Gasteiger partial charge in [-0.15, -0.1) is 11.3 Å². The van der Waals surface area contributed by atoms with Gasteiger partial charge in [-0.25, -0.2) is 0 Å². The summed E-state index contributed by atoms with van der Waals surface area (Å²) < 4.78 is 1.01. The Kier molecular flexibility index (Phi) is 2.51. The average molecular weight is 338 g/mol. The zero-order valence-electron chi connectivity index (χ0n) is 10.1. The molecule has 0 aromatic carbocycles. The van der Waals surface area contributed by atoms with Gasteiger partial charge in [0.25, 0.3) is 0 Å². The van der Waals surface area contributed by atoms with Crippen LogP contribution in [0.5, 0.6) is 0 Å². The van der Waals surface area contributed by atoms with Crippen molar-refractivity contribution >= 4 is 39.1 Å². The molecule has 3 nitrogen and oxygen atoms in total. The zero-order chi connectivity index (χ0) is 13.1. The number of carbonyl (C=O) groups is 2. The number of hydrogen-bond acceptors (Lipinski definition) is 3. The Morgan fingerprint density at radius 3 is 2.37 bits per heavy atom. The van der Waals surface area contributed by atoms with E-state index >= 15 is 0 Å². The third kappa shape index (κ3) is 1.61. The second-order valence-electron chi connectivity index (χ2n) is 5.49. The average Bonchev–Trinajstić information content (AvgIpc) is 3.11. The Labute approximate surface area is 123 Å². The molecular weight excluding hydrogens is 326 g/mol. The van der Waals surface area contributed by atoms with Crippen LogP contribution >= 0.6 is 27.3 Å². The zero-order valence-corrected chi connectivity index (χ0v) is 12.5. The van der Waals surface area contributed by atoms with Crippen molar-refractivity contribution in [3.05, 3.63) is 32.9 Å². The normalized spacial score (nSPS) is 35.5. The highest BCUT2D eigenvalue weighted by molar-refractivity contribution is 9.10. The number of carbonyl (C=O) groups excluding carboxylic acids is 2. The maximum absolute atomic E-state index is 12.5. The molecular formula is C14H12BrNO2S. The van der Waals surface area contributed by atoms with Gasteiger partial charge in [-0.3, -0.25) is 14.5 Å². The molecule has 2 heterocycles. The van der Waals surface area contributed by atoms with Gasteiger partial charge >= 0.3 is 0 Å². The molecule has 1 saturated carbocycles. The van der Waals surface area contributed by atoms with Crippen molar-refractivity contribution in [2.45, 2.75) is 13.0 Å². The number of fused-ring (bicyclic) bond motifs is 5. The van der Waals surface area contributed by atoms with Crippen LogP contribution in [0.3, 0.4) is 0 Å². The van der Waals surface area contributed by atoms with Gasteiger partial charge in [0.2, 0.25) is 11.8 Å². The maximum Gasteiger partial charge on any atom is 0.234 e. The Hall–Kier alpha value is -0.940. The van der Waals surface area contributed by atoms with E-state index in [1.54, 1.807) is 11.3 Å². The minimum atomic E-state index is -0.0779. The number of likely N-dealkylation sites (tertiary alicyclic amines) is 1. The van der Waals surface area contributed by atoms with Gasteiger partial charge in [0.15, 0.2) is 0 Å². The van der Waals surface area contributed by atoms with Crippen LogP contribution in [0.4, 0.5) is 0 Å². The SMILES string of the molecule is O=C1C2C3C=CC(C3)C2C(=O)N1Cc1cc(Br)cs1. The van der Waals surface area contributed by atoms with E-state index in [2.05, 4.69) is 28.1 Å². The summed E-state index contributed by atoms with van der Waals surface area (Å²) in [6.45, 7) is 0.431. The smallest absolute Gasteiger partial charge is 0.234 e. The van der Waals surface area contributed by atoms with Crippen molar-refractivity contribution in [1.82, 2.24) is 4.90 Å². The fourth-order valence-electron chi connectivity index (χ4n) is 3.71. The van der Waals surface area contributed by atoms with E-state index in [9.17, 15) is 9.59 Å². The summed E-state index contributed by atoms with van der Waals surface area (Å²) in [5.41, 5.74) is 0. The third-order valence-corrected chi connectivity index (χ3v) is 6.18. The van der Waals surface area contributed by atoms with Crippen LogP contribution < -0.4 is 0 Å². The lowest BCUT2D eigenvalue weighted by Crippen LogP contribution is -2.32. The third-order valence-electron chi connectivity index (χ3n) is 4.50. The number of amides is 2. The van der Waals surface area contributed by atoms with Gasteiger partial charge < -0.3 is 0 Å². The molecule has 4 unspecified atom stereocenters. The highest BCUT2D eigenvalue weighted by Gasteiger charge is 2.59. The van der Waals surface area contributed by atoms with Gasteiger partial charge in [-0.05, 0) is 40.3 Å². The van der Waals surface area contributed by atoms with Gasteiger partial charge in [0, 0.05) is 14.7 Å². The van der Waals surface area contributed by atoms with E-state index in [-0.39, 0.29) is 23.7 Å².